The molecule has 2 aromatic rings. The van der Waals surface area contributed by atoms with Gasteiger partial charge in [0.25, 0.3) is 5.91 Å². The number of carbonyl (C=O) groups excluding carboxylic acids is 1. The Morgan fingerprint density at radius 2 is 1.88 bits per heavy atom. The van der Waals surface area contributed by atoms with E-state index in [0.717, 1.165) is 25.3 Å². The largest absolute Gasteiger partial charge is 0.477 e. The Morgan fingerprint density at radius 3 is 2.52 bits per heavy atom. The summed E-state index contributed by atoms with van der Waals surface area (Å²) in [6, 6.07) is 10.8. The molecule has 0 unspecified atom stereocenters. The average Bonchev–Trinajstić information content (AvgIpc) is 2.82. The number of nitro benzene ring substituents is 1. The summed E-state index contributed by atoms with van der Waals surface area (Å²) in [6.45, 7) is 2.53. The Balaban J connectivity index is 1.65. The molecule has 1 amide bonds. The van der Waals surface area contributed by atoms with Gasteiger partial charge in [-0.05, 0) is 42.7 Å². The predicted octanol–water partition coefficient (Wildman–Crippen LogP) is 2.98. The van der Waals surface area contributed by atoms with Crippen molar-refractivity contribution in [1.82, 2.24) is 4.31 Å². The zero-order chi connectivity index (χ0) is 23.8. The van der Waals surface area contributed by atoms with Gasteiger partial charge in [-0.1, -0.05) is 25.5 Å². The summed E-state index contributed by atoms with van der Waals surface area (Å²) in [5.41, 5.74) is 1.23. The van der Waals surface area contributed by atoms with Crippen LogP contribution in [0.2, 0.25) is 0 Å². The molecule has 1 fully saturated rings. The van der Waals surface area contributed by atoms with Gasteiger partial charge >= 0.3 is 5.69 Å². The van der Waals surface area contributed by atoms with Gasteiger partial charge in [-0.3, -0.25) is 14.9 Å². The van der Waals surface area contributed by atoms with Crippen LogP contribution in [0.5, 0.6) is 5.75 Å². The number of unbranched alkanes of at least 4 members (excludes halogenated alkanes) is 1. The molecular weight excluding hydrogens is 450 g/mol. The number of hydrogen-bond acceptors (Lipinski definition) is 7. The van der Waals surface area contributed by atoms with Gasteiger partial charge in [0.05, 0.1) is 23.0 Å². The first-order valence-electron chi connectivity index (χ1n) is 10.7. The number of sulfonamides is 1. The minimum absolute atomic E-state index is 0.175. The van der Waals surface area contributed by atoms with Crippen molar-refractivity contribution in [2.75, 3.05) is 38.2 Å². The van der Waals surface area contributed by atoms with E-state index < -0.39 is 33.1 Å². The molecule has 0 atom stereocenters. The van der Waals surface area contributed by atoms with Crippen LogP contribution in [0.3, 0.4) is 0 Å². The van der Waals surface area contributed by atoms with Gasteiger partial charge in [0.1, 0.15) is 0 Å². The van der Waals surface area contributed by atoms with E-state index in [2.05, 4.69) is 12.2 Å². The van der Waals surface area contributed by atoms with Crippen LogP contribution >= 0.6 is 0 Å². The van der Waals surface area contributed by atoms with Crippen molar-refractivity contribution in [2.24, 2.45) is 0 Å². The maximum Gasteiger partial charge on any atom is 0.312 e. The number of rotatable bonds is 10. The summed E-state index contributed by atoms with van der Waals surface area (Å²) in [7, 11) is -3.90. The van der Waals surface area contributed by atoms with E-state index in [9.17, 15) is 23.3 Å². The quantitative estimate of drug-likeness (QED) is 0.411. The summed E-state index contributed by atoms with van der Waals surface area (Å²) >= 11 is 0. The summed E-state index contributed by atoms with van der Waals surface area (Å²) in [6.07, 6.45) is 3.15. The lowest BCUT2D eigenvalue weighted by atomic mass is 10.1. The van der Waals surface area contributed by atoms with Gasteiger partial charge < -0.3 is 14.8 Å². The number of nitrogens with zero attached hydrogens (tertiary/aromatic N) is 2. The van der Waals surface area contributed by atoms with Gasteiger partial charge in [-0.25, -0.2) is 8.42 Å². The third-order valence-electron chi connectivity index (χ3n) is 5.15. The number of amides is 1. The Hall–Kier alpha value is -3.02. The molecule has 33 heavy (non-hydrogen) atoms. The zero-order valence-electron chi connectivity index (χ0n) is 18.4. The van der Waals surface area contributed by atoms with E-state index in [1.165, 1.54) is 22.0 Å². The molecule has 0 aliphatic carbocycles. The highest BCUT2D eigenvalue weighted by Gasteiger charge is 2.29. The Bertz CT molecular complexity index is 1080. The monoisotopic (exact) mass is 477 g/mol. The number of morpholine rings is 1. The molecule has 3 rings (SSSR count). The number of ether oxygens (including phenoxy) is 2. The van der Waals surface area contributed by atoms with Crippen LogP contribution in [0, 0.1) is 10.1 Å². The molecule has 1 aliphatic rings. The number of nitro groups is 1. The SMILES string of the molecule is CCCCc1ccc(NC(=O)COc2ccc(S(=O)(=O)N3CCOCC3)cc2[N+](=O)[O-])cc1. The Kier molecular flexibility index (Phi) is 8.37. The lowest BCUT2D eigenvalue weighted by Gasteiger charge is -2.26. The van der Waals surface area contributed by atoms with Gasteiger partial charge in [0, 0.05) is 24.8 Å². The van der Waals surface area contributed by atoms with Crippen molar-refractivity contribution in [2.45, 2.75) is 31.1 Å². The van der Waals surface area contributed by atoms with E-state index in [-0.39, 0.29) is 36.9 Å². The molecule has 1 N–H and O–H groups in total. The van der Waals surface area contributed by atoms with Crippen LogP contribution in [0.25, 0.3) is 0 Å². The Morgan fingerprint density at radius 1 is 1.18 bits per heavy atom. The molecule has 1 heterocycles. The molecule has 0 bridgehead atoms. The summed E-state index contributed by atoms with van der Waals surface area (Å²) in [4.78, 5) is 22.8. The van der Waals surface area contributed by atoms with Crippen molar-refractivity contribution in [1.29, 1.82) is 0 Å². The molecule has 11 heteroatoms. The third kappa shape index (κ3) is 6.50. The normalized spacial score (nSPS) is 14.6. The smallest absolute Gasteiger partial charge is 0.312 e. The molecule has 1 saturated heterocycles. The van der Waals surface area contributed by atoms with Crippen LogP contribution in [0.15, 0.2) is 47.4 Å². The van der Waals surface area contributed by atoms with Crippen molar-refractivity contribution >= 4 is 27.3 Å². The summed E-state index contributed by atoms with van der Waals surface area (Å²) in [5, 5.41) is 14.2. The van der Waals surface area contributed by atoms with E-state index in [1.54, 1.807) is 12.1 Å². The molecule has 2 aromatic carbocycles. The standard InChI is InChI=1S/C22H27N3O7S/c1-2-3-4-17-5-7-18(8-6-17)23-22(26)16-32-21-10-9-19(15-20(21)25(27)28)33(29,30)24-11-13-31-14-12-24/h5-10,15H,2-4,11-14,16H2,1H3,(H,23,26). The lowest BCUT2D eigenvalue weighted by Crippen LogP contribution is -2.40. The first kappa shape index (κ1) is 24.6. The fraction of sp³-hybridized carbons (Fsp3) is 0.409. The van der Waals surface area contributed by atoms with Crippen LogP contribution < -0.4 is 10.1 Å². The van der Waals surface area contributed by atoms with Crippen molar-refractivity contribution in [3.8, 4) is 5.75 Å². The minimum atomic E-state index is -3.90. The van der Waals surface area contributed by atoms with E-state index in [4.69, 9.17) is 9.47 Å². The number of aryl methyl sites for hydroxylation is 1. The minimum Gasteiger partial charge on any atom is -0.477 e. The van der Waals surface area contributed by atoms with Gasteiger partial charge in [0.2, 0.25) is 10.0 Å². The fourth-order valence-electron chi connectivity index (χ4n) is 3.33. The maximum absolute atomic E-state index is 12.8. The predicted molar refractivity (Wildman–Crippen MR) is 122 cm³/mol. The highest BCUT2D eigenvalue weighted by molar-refractivity contribution is 7.89. The highest BCUT2D eigenvalue weighted by Crippen LogP contribution is 2.31. The van der Waals surface area contributed by atoms with Crippen LogP contribution in [-0.2, 0) is 26.0 Å². The second kappa shape index (κ2) is 11.2. The summed E-state index contributed by atoms with van der Waals surface area (Å²) < 4.78 is 37.3. The fourth-order valence-corrected chi connectivity index (χ4v) is 4.76. The lowest BCUT2D eigenvalue weighted by molar-refractivity contribution is -0.386. The van der Waals surface area contributed by atoms with Crippen molar-refractivity contribution < 1.29 is 27.6 Å². The van der Waals surface area contributed by atoms with E-state index in [0.29, 0.717) is 5.69 Å². The van der Waals surface area contributed by atoms with E-state index in [1.807, 2.05) is 12.1 Å². The molecular formula is C22H27N3O7S. The second-order valence-electron chi connectivity index (χ2n) is 7.54. The van der Waals surface area contributed by atoms with Crippen LogP contribution in [0.1, 0.15) is 25.3 Å². The number of carbonyl (C=O) groups is 1. The van der Waals surface area contributed by atoms with Gasteiger partial charge in [-0.2, -0.15) is 4.31 Å². The molecule has 0 aromatic heterocycles. The van der Waals surface area contributed by atoms with Crippen molar-refractivity contribution in [3.63, 3.8) is 0 Å². The molecule has 1 aliphatic heterocycles. The Labute approximate surface area is 192 Å². The molecule has 0 spiro atoms. The number of anilines is 1. The third-order valence-corrected chi connectivity index (χ3v) is 7.05. The van der Waals surface area contributed by atoms with Crippen LogP contribution in [-0.4, -0.2) is 56.5 Å². The molecule has 0 saturated carbocycles. The molecule has 10 nitrogen and oxygen atoms in total. The first-order valence-corrected chi connectivity index (χ1v) is 12.1. The highest BCUT2D eigenvalue weighted by atomic mass is 32.2. The van der Waals surface area contributed by atoms with Gasteiger partial charge in [0.15, 0.2) is 12.4 Å². The van der Waals surface area contributed by atoms with Gasteiger partial charge in [-0.15, -0.1) is 0 Å². The van der Waals surface area contributed by atoms with Crippen LogP contribution in [0.4, 0.5) is 11.4 Å². The summed E-state index contributed by atoms with van der Waals surface area (Å²) in [5.74, 6) is -0.679. The second-order valence-corrected chi connectivity index (χ2v) is 9.48. The van der Waals surface area contributed by atoms with E-state index >= 15 is 0 Å². The number of nitrogens with one attached hydrogen (secondary N) is 1. The first-order chi connectivity index (χ1) is 15.8. The zero-order valence-corrected chi connectivity index (χ0v) is 19.2. The topological polar surface area (TPSA) is 128 Å². The number of benzene rings is 2. The molecule has 178 valence electrons. The maximum atomic E-state index is 12.8. The molecule has 0 radical (unpaired) electrons. The van der Waals surface area contributed by atoms with Crippen molar-refractivity contribution in [3.05, 3.63) is 58.1 Å². The number of hydrogen-bond donors (Lipinski definition) is 1. The average molecular weight is 478 g/mol.